The van der Waals surface area contributed by atoms with Crippen molar-refractivity contribution in [3.8, 4) is 0 Å². The van der Waals surface area contributed by atoms with Gasteiger partial charge < -0.3 is 20.1 Å². The first-order chi connectivity index (χ1) is 13.1. The molecule has 2 unspecified atom stereocenters. The SMILES string of the molecule is CN(C(=O)Cn1c(N2CCC(F)(CN)C2)nc2cc(F)ccc21)C(F)C(F)F. The summed E-state index contributed by atoms with van der Waals surface area (Å²) in [4.78, 5) is 18.5. The number of imidazole rings is 1. The molecule has 1 fully saturated rings. The third-order valence-corrected chi connectivity index (χ3v) is 4.91. The number of alkyl halides is 4. The van der Waals surface area contributed by atoms with Gasteiger partial charge in [-0.1, -0.05) is 0 Å². The van der Waals surface area contributed by atoms with E-state index >= 15 is 0 Å². The molecule has 0 saturated carbocycles. The molecule has 11 heteroatoms. The second-order valence-corrected chi connectivity index (χ2v) is 6.87. The minimum absolute atomic E-state index is 0.0812. The summed E-state index contributed by atoms with van der Waals surface area (Å²) in [5.41, 5.74) is 4.39. The third-order valence-electron chi connectivity index (χ3n) is 4.91. The Morgan fingerprint density at radius 3 is 2.71 bits per heavy atom. The van der Waals surface area contributed by atoms with E-state index in [-0.39, 0.29) is 37.5 Å². The van der Waals surface area contributed by atoms with E-state index in [4.69, 9.17) is 5.73 Å². The van der Waals surface area contributed by atoms with E-state index in [0.717, 1.165) is 19.2 Å². The second kappa shape index (κ2) is 7.53. The number of benzene rings is 1. The molecule has 28 heavy (non-hydrogen) atoms. The molecule has 1 saturated heterocycles. The van der Waals surface area contributed by atoms with Crippen molar-refractivity contribution >= 4 is 22.9 Å². The molecule has 154 valence electrons. The van der Waals surface area contributed by atoms with Crippen LogP contribution in [0.15, 0.2) is 18.2 Å². The molecule has 0 aliphatic carbocycles. The van der Waals surface area contributed by atoms with Crippen molar-refractivity contribution in [2.75, 3.05) is 31.6 Å². The van der Waals surface area contributed by atoms with Gasteiger partial charge in [0, 0.05) is 32.6 Å². The fraction of sp³-hybridized carbons (Fsp3) is 0.529. The lowest BCUT2D eigenvalue weighted by atomic mass is 10.1. The molecule has 6 nitrogen and oxygen atoms in total. The minimum atomic E-state index is -3.35. The maximum Gasteiger partial charge on any atom is 0.287 e. The lowest BCUT2D eigenvalue weighted by molar-refractivity contribution is -0.142. The molecule has 0 spiro atoms. The summed E-state index contributed by atoms with van der Waals surface area (Å²) in [6, 6.07) is 3.66. The highest BCUT2D eigenvalue weighted by Crippen LogP contribution is 2.31. The van der Waals surface area contributed by atoms with Gasteiger partial charge in [-0.15, -0.1) is 0 Å². The zero-order chi connectivity index (χ0) is 20.6. The van der Waals surface area contributed by atoms with Crippen molar-refractivity contribution in [3.05, 3.63) is 24.0 Å². The van der Waals surface area contributed by atoms with Crippen LogP contribution in [-0.4, -0.2) is 65.4 Å². The molecule has 2 heterocycles. The zero-order valence-corrected chi connectivity index (χ0v) is 15.1. The number of amides is 1. The van der Waals surface area contributed by atoms with Crippen LogP contribution < -0.4 is 10.6 Å². The van der Waals surface area contributed by atoms with Crippen molar-refractivity contribution in [3.63, 3.8) is 0 Å². The first-order valence-electron chi connectivity index (χ1n) is 8.63. The highest BCUT2D eigenvalue weighted by atomic mass is 19.3. The van der Waals surface area contributed by atoms with Crippen LogP contribution in [0.2, 0.25) is 0 Å². The Morgan fingerprint density at radius 1 is 1.39 bits per heavy atom. The number of carbonyl (C=O) groups is 1. The van der Waals surface area contributed by atoms with E-state index < -0.39 is 36.7 Å². The Bertz CT molecular complexity index is 875. The summed E-state index contributed by atoms with van der Waals surface area (Å²) >= 11 is 0. The number of fused-ring (bicyclic) bond motifs is 1. The van der Waals surface area contributed by atoms with Crippen LogP contribution >= 0.6 is 0 Å². The average molecular weight is 405 g/mol. The van der Waals surface area contributed by atoms with Crippen molar-refractivity contribution in [2.24, 2.45) is 5.73 Å². The monoisotopic (exact) mass is 405 g/mol. The quantitative estimate of drug-likeness (QED) is 0.590. The average Bonchev–Trinajstić information content (AvgIpc) is 3.21. The summed E-state index contributed by atoms with van der Waals surface area (Å²) < 4.78 is 68.1. The van der Waals surface area contributed by atoms with E-state index in [9.17, 15) is 26.7 Å². The lowest BCUT2D eigenvalue weighted by Gasteiger charge is -2.24. The summed E-state index contributed by atoms with van der Waals surface area (Å²) in [6.07, 6.45) is -5.96. The fourth-order valence-corrected chi connectivity index (χ4v) is 3.21. The maximum atomic E-state index is 14.5. The van der Waals surface area contributed by atoms with Gasteiger partial charge in [0.05, 0.1) is 17.6 Å². The number of anilines is 1. The molecular weight excluding hydrogens is 385 g/mol. The molecular formula is C17H20F5N5O. The van der Waals surface area contributed by atoms with Gasteiger partial charge in [-0.2, -0.15) is 0 Å². The van der Waals surface area contributed by atoms with Gasteiger partial charge in [0.1, 0.15) is 18.0 Å². The smallest absolute Gasteiger partial charge is 0.287 e. The number of nitrogens with two attached hydrogens (primary N) is 1. The van der Waals surface area contributed by atoms with E-state index in [2.05, 4.69) is 4.98 Å². The van der Waals surface area contributed by atoms with Gasteiger partial charge in [0.25, 0.3) is 6.43 Å². The zero-order valence-electron chi connectivity index (χ0n) is 15.1. The normalized spacial score (nSPS) is 20.9. The molecule has 1 amide bonds. The topological polar surface area (TPSA) is 67.4 Å². The fourth-order valence-electron chi connectivity index (χ4n) is 3.21. The van der Waals surface area contributed by atoms with E-state index in [1.165, 1.54) is 10.6 Å². The van der Waals surface area contributed by atoms with Crippen LogP contribution in [0.4, 0.5) is 27.9 Å². The molecule has 2 atom stereocenters. The molecule has 1 aliphatic rings. The molecule has 1 aromatic carbocycles. The number of rotatable bonds is 6. The summed E-state index contributed by atoms with van der Waals surface area (Å²) in [5.74, 6) is -1.32. The van der Waals surface area contributed by atoms with E-state index in [1.54, 1.807) is 4.90 Å². The highest BCUT2D eigenvalue weighted by Gasteiger charge is 2.39. The number of hydrogen-bond donors (Lipinski definition) is 1. The molecule has 2 aromatic rings. The summed E-state index contributed by atoms with van der Waals surface area (Å²) in [7, 11) is 0.925. The first-order valence-corrected chi connectivity index (χ1v) is 8.63. The van der Waals surface area contributed by atoms with Crippen LogP contribution in [0, 0.1) is 5.82 Å². The molecule has 3 rings (SSSR count). The van der Waals surface area contributed by atoms with E-state index in [1.807, 2.05) is 0 Å². The van der Waals surface area contributed by atoms with Crippen LogP contribution in [-0.2, 0) is 11.3 Å². The molecule has 0 radical (unpaired) electrons. The number of likely N-dealkylation sites (N-methyl/N-ethyl adjacent to an activating group) is 1. The highest BCUT2D eigenvalue weighted by molar-refractivity contribution is 5.83. The Hall–Kier alpha value is -2.43. The van der Waals surface area contributed by atoms with Gasteiger partial charge in [0.2, 0.25) is 18.2 Å². The molecule has 1 aliphatic heterocycles. The van der Waals surface area contributed by atoms with Crippen molar-refractivity contribution in [1.29, 1.82) is 0 Å². The van der Waals surface area contributed by atoms with Gasteiger partial charge in [-0.3, -0.25) is 4.79 Å². The standard InChI is InChI=1S/C17H20F5N5O/c1-25(15(21)14(19)20)13(28)7-27-12-3-2-10(18)6-11(12)24-16(27)26-5-4-17(22,8-23)9-26/h2-3,6,14-15H,4-5,7-9,23H2,1H3. The van der Waals surface area contributed by atoms with Crippen LogP contribution in [0.3, 0.4) is 0 Å². The Labute approximate surface area is 157 Å². The maximum absolute atomic E-state index is 14.5. The van der Waals surface area contributed by atoms with Crippen LogP contribution in [0.25, 0.3) is 11.0 Å². The number of hydrogen-bond acceptors (Lipinski definition) is 4. The number of nitrogens with zero attached hydrogens (tertiary/aromatic N) is 4. The lowest BCUT2D eigenvalue weighted by Crippen LogP contribution is -2.41. The Kier molecular flexibility index (Phi) is 5.46. The number of carbonyl (C=O) groups excluding carboxylic acids is 1. The summed E-state index contributed by atoms with van der Waals surface area (Å²) in [5, 5.41) is 0. The second-order valence-electron chi connectivity index (χ2n) is 6.87. The number of halogens is 5. The molecule has 1 aromatic heterocycles. The third kappa shape index (κ3) is 3.75. The van der Waals surface area contributed by atoms with Gasteiger partial charge in [-0.05, 0) is 12.1 Å². The van der Waals surface area contributed by atoms with Gasteiger partial charge in [-0.25, -0.2) is 26.9 Å². The van der Waals surface area contributed by atoms with Crippen molar-refractivity contribution in [1.82, 2.24) is 14.5 Å². The first kappa shape index (κ1) is 20.3. The number of aromatic nitrogens is 2. The van der Waals surface area contributed by atoms with Crippen LogP contribution in [0.5, 0.6) is 0 Å². The van der Waals surface area contributed by atoms with Crippen molar-refractivity contribution in [2.45, 2.75) is 31.4 Å². The largest absolute Gasteiger partial charge is 0.339 e. The summed E-state index contributed by atoms with van der Waals surface area (Å²) in [6.45, 7) is -0.536. The van der Waals surface area contributed by atoms with Gasteiger partial charge in [0.15, 0.2) is 0 Å². The predicted molar refractivity (Wildman–Crippen MR) is 93.1 cm³/mol. The minimum Gasteiger partial charge on any atom is -0.339 e. The predicted octanol–water partition coefficient (Wildman–Crippen LogP) is 2.07. The van der Waals surface area contributed by atoms with Crippen LogP contribution in [0.1, 0.15) is 6.42 Å². The van der Waals surface area contributed by atoms with E-state index in [0.29, 0.717) is 10.4 Å². The van der Waals surface area contributed by atoms with Gasteiger partial charge >= 0.3 is 0 Å². The van der Waals surface area contributed by atoms with Crippen molar-refractivity contribution < 1.29 is 26.7 Å². The molecule has 2 N–H and O–H groups in total. The molecule has 0 bridgehead atoms. The Morgan fingerprint density at radius 2 is 2.11 bits per heavy atom. The Balaban J connectivity index is 1.97.